The molecule has 0 heterocycles. The summed E-state index contributed by atoms with van der Waals surface area (Å²) < 4.78 is 10.1. The lowest BCUT2D eigenvalue weighted by molar-refractivity contribution is -0.123. The molecule has 0 aliphatic heterocycles. The molecular weight excluding hydrogens is 232 g/mol. The van der Waals surface area contributed by atoms with Gasteiger partial charge in [-0.25, -0.2) is 0 Å². The fraction of sp³-hybridized carbons (Fsp3) is 0.429. The number of hydrogen-bond donors (Lipinski definition) is 0. The summed E-state index contributed by atoms with van der Waals surface area (Å²) in [5.74, 6) is 0. The van der Waals surface area contributed by atoms with Gasteiger partial charge in [0.2, 0.25) is 0 Å². The van der Waals surface area contributed by atoms with Crippen LogP contribution in [0.25, 0.3) is 0 Å². The van der Waals surface area contributed by atoms with E-state index in [9.17, 15) is 9.59 Å². The highest BCUT2D eigenvalue weighted by Gasteiger charge is 1.95. The zero-order valence-corrected chi connectivity index (χ0v) is 11.1. The maximum atomic E-state index is 10.2. The van der Waals surface area contributed by atoms with Crippen molar-refractivity contribution < 1.29 is 19.1 Å². The molecule has 0 bridgehead atoms. The Labute approximate surface area is 108 Å². The quantitative estimate of drug-likeness (QED) is 0.577. The Morgan fingerprint density at radius 3 is 1.67 bits per heavy atom. The van der Waals surface area contributed by atoms with E-state index < -0.39 is 0 Å². The molecule has 0 aromatic heterocycles. The first kappa shape index (κ1) is 16.5. The Morgan fingerprint density at radius 1 is 1.00 bits per heavy atom. The van der Waals surface area contributed by atoms with Crippen molar-refractivity contribution in [3.8, 4) is 0 Å². The van der Waals surface area contributed by atoms with E-state index in [2.05, 4.69) is 0 Å². The summed E-state index contributed by atoms with van der Waals surface area (Å²) in [5, 5.41) is 0. The van der Waals surface area contributed by atoms with Crippen LogP contribution in [0, 0.1) is 0 Å². The third-order valence-electron chi connectivity index (χ3n) is 2.05. The van der Waals surface area contributed by atoms with Crippen LogP contribution in [0.1, 0.15) is 41.5 Å². The minimum absolute atomic E-state index is 0.0370. The van der Waals surface area contributed by atoms with Gasteiger partial charge in [-0.1, -0.05) is 24.3 Å². The van der Waals surface area contributed by atoms with Crippen LogP contribution in [-0.4, -0.2) is 32.1 Å². The molecule has 4 nitrogen and oxygen atoms in total. The molecule has 0 spiro atoms. The lowest BCUT2D eigenvalue weighted by Gasteiger charge is -2.09. The van der Waals surface area contributed by atoms with Crippen molar-refractivity contribution >= 4 is 12.6 Å². The van der Waals surface area contributed by atoms with Gasteiger partial charge in [-0.05, 0) is 20.8 Å². The summed E-state index contributed by atoms with van der Waals surface area (Å²) >= 11 is 0. The van der Waals surface area contributed by atoms with Crippen LogP contribution >= 0.6 is 0 Å². The summed E-state index contributed by atoms with van der Waals surface area (Å²) in [5.41, 5.74) is 0.884. The minimum atomic E-state index is -0.0370. The Balaban J connectivity index is 0.000000331. The molecule has 1 aromatic rings. The van der Waals surface area contributed by atoms with Crippen molar-refractivity contribution in [1.82, 2.24) is 0 Å². The van der Waals surface area contributed by atoms with Crippen molar-refractivity contribution in [3.05, 3.63) is 35.4 Å². The second-order valence-corrected chi connectivity index (χ2v) is 3.34. The average molecular weight is 252 g/mol. The molecule has 0 saturated carbocycles. The lowest BCUT2D eigenvalue weighted by atomic mass is 10.1. The molecule has 0 aliphatic carbocycles. The van der Waals surface area contributed by atoms with E-state index in [1.807, 2.05) is 20.8 Å². The van der Waals surface area contributed by atoms with Crippen molar-refractivity contribution in [1.29, 1.82) is 0 Å². The maximum absolute atomic E-state index is 10.2. The fourth-order valence-electron chi connectivity index (χ4n) is 1.24. The van der Waals surface area contributed by atoms with Gasteiger partial charge < -0.3 is 9.47 Å². The molecule has 0 unspecified atom stereocenters. The van der Waals surface area contributed by atoms with Crippen LogP contribution in [0.4, 0.5) is 0 Å². The fourth-order valence-corrected chi connectivity index (χ4v) is 1.24. The second-order valence-electron chi connectivity index (χ2n) is 3.34. The van der Waals surface area contributed by atoms with Crippen LogP contribution in [0.2, 0.25) is 0 Å². The Kier molecular flexibility index (Phi) is 9.73. The van der Waals surface area contributed by atoms with Crippen molar-refractivity contribution in [2.75, 3.05) is 13.2 Å². The van der Waals surface area contributed by atoms with E-state index in [1.165, 1.54) is 0 Å². The molecule has 0 fully saturated rings. The molecule has 0 radical (unpaired) electrons. The van der Waals surface area contributed by atoms with Crippen LogP contribution in [0.15, 0.2) is 24.3 Å². The van der Waals surface area contributed by atoms with Gasteiger partial charge >= 0.3 is 0 Å². The molecule has 18 heavy (non-hydrogen) atoms. The zero-order valence-electron chi connectivity index (χ0n) is 11.1. The number of hydrogen-bond acceptors (Lipinski definition) is 4. The summed E-state index contributed by atoms with van der Waals surface area (Å²) in [6, 6.07) is 6.65. The molecule has 0 aliphatic rings. The normalized spacial score (nSPS) is 9.56. The van der Waals surface area contributed by atoms with E-state index in [0.29, 0.717) is 23.7 Å². The van der Waals surface area contributed by atoms with Crippen LogP contribution in [0.5, 0.6) is 0 Å². The van der Waals surface area contributed by atoms with E-state index in [4.69, 9.17) is 9.47 Å². The maximum Gasteiger partial charge on any atom is 0.154 e. The minimum Gasteiger partial charge on any atom is -0.353 e. The third-order valence-corrected chi connectivity index (χ3v) is 2.05. The first-order valence-electron chi connectivity index (χ1n) is 5.92. The smallest absolute Gasteiger partial charge is 0.154 e. The second kappa shape index (κ2) is 10.6. The SMILES string of the molecule is CCOC(C)OCC.O=Cc1ccccc1C=O. The number of ether oxygens (including phenoxy) is 2. The Hall–Kier alpha value is -1.52. The van der Waals surface area contributed by atoms with Gasteiger partial charge in [-0.3, -0.25) is 9.59 Å². The standard InChI is InChI=1S/C8H6O2.C6H14O2/c9-5-7-3-1-2-4-8(7)6-10;1-4-7-6(3)8-5-2/h1-6H;6H,4-5H2,1-3H3. The molecule has 0 amide bonds. The van der Waals surface area contributed by atoms with Crippen LogP contribution in [-0.2, 0) is 9.47 Å². The monoisotopic (exact) mass is 252 g/mol. The molecule has 1 rings (SSSR count). The number of carbonyl (C=O) groups is 2. The van der Waals surface area contributed by atoms with Gasteiger partial charge in [-0.2, -0.15) is 0 Å². The number of carbonyl (C=O) groups excluding carboxylic acids is 2. The predicted molar refractivity (Wildman–Crippen MR) is 69.9 cm³/mol. The summed E-state index contributed by atoms with van der Waals surface area (Å²) in [7, 11) is 0. The summed E-state index contributed by atoms with van der Waals surface area (Å²) in [4.78, 5) is 20.5. The Morgan fingerprint density at radius 2 is 1.39 bits per heavy atom. The predicted octanol–water partition coefficient (Wildman–Crippen LogP) is 2.72. The van der Waals surface area contributed by atoms with Crippen molar-refractivity contribution in [2.45, 2.75) is 27.1 Å². The van der Waals surface area contributed by atoms with Gasteiger partial charge in [0.25, 0.3) is 0 Å². The van der Waals surface area contributed by atoms with E-state index >= 15 is 0 Å². The summed E-state index contributed by atoms with van der Waals surface area (Å²) in [6.07, 6.45) is 1.30. The van der Waals surface area contributed by atoms with Gasteiger partial charge in [-0.15, -0.1) is 0 Å². The molecule has 1 aromatic carbocycles. The van der Waals surface area contributed by atoms with Gasteiger partial charge in [0, 0.05) is 24.3 Å². The van der Waals surface area contributed by atoms with Crippen LogP contribution in [0.3, 0.4) is 0 Å². The molecule has 4 heteroatoms. The lowest BCUT2D eigenvalue weighted by Crippen LogP contribution is -2.11. The van der Waals surface area contributed by atoms with Crippen molar-refractivity contribution in [2.24, 2.45) is 0 Å². The topological polar surface area (TPSA) is 52.6 Å². The molecule has 100 valence electrons. The third kappa shape index (κ3) is 6.93. The van der Waals surface area contributed by atoms with E-state index in [0.717, 1.165) is 13.2 Å². The van der Waals surface area contributed by atoms with E-state index in [1.54, 1.807) is 24.3 Å². The molecule has 0 saturated heterocycles. The average Bonchev–Trinajstić information content (AvgIpc) is 2.40. The first-order valence-corrected chi connectivity index (χ1v) is 5.92. The summed E-state index contributed by atoms with van der Waals surface area (Å²) in [6.45, 7) is 7.25. The molecule has 0 atom stereocenters. The highest BCUT2D eigenvalue weighted by molar-refractivity contribution is 5.89. The van der Waals surface area contributed by atoms with Crippen LogP contribution < -0.4 is 0 Å². The number of benzene rings is 1. The Bertz CT molecular complexity index is 316. The number of rotatable bonds is 6. The van der Waals surface area contributed by atoms with E-state index in [-0.39, 0.29) is 6.29 Å². The van der Waals surface area contributed by atoms with Gasteiger partial charge in [0.15, 0.2) is 18.9 Å². The largest absolute Gasteiger partial charge is 0.353 e. The molecular formula is C14H20O4. The zero-order chi connectivity index (χ0) is 13.8. The van der Waals surface area contributed by atoms with Crippen molar-refractivity contribution in [3.63, 3.8) is 0 Å². The van der Waals surface area contributed by atoms with Gasteiger partial charge in [0.1, 0.15) is 0 Å². The van der Waals surface area contributed by atoms with Gasteiger partial charge in [0.05, 0.1) is 0 Å². The highest BCUT2D eigenvalue weighted by Crippen LogP contribution is 2.01. The number of aldehydes is 2. The first-order chi connectivity index (χ1) is 8.69. The highest BCUT2D eigenvalue weighted by atomic mass is 16.7. The molecule has 0 N–H and O–H groups in total.